The van der Waals surface area contributed by atoms with Gasteiger partial charge in [-0.3, -0.25) is 14.2 Å². The summed E-state index contributed by atoms with van der Waals surface area (Å²) in [6.07, 6.45) is 6.69. The largest absolute Gasteiger partial charge is 0.345 e. The smallest absolute Gasteiger partial charge is 0.271 e. The molecular formula is C16H19N5O2S. The molecule has 1 unspecified atom stereocenters. The number of aryl methyl sites for hydroxylation is 1. The van der Waals surface area contributed by atoms with Gasteiger partial charge in [0.15, 0.2) is 0 Å². The van der Waals surface area contributed by atoms with Crippen LogP contribution in [0.5, 0.6) is 0 Å². The number of nitrogens with one attached hydrogen (secondary N) is 1. The Hall–Kier alpha value is -2.48. The highest BCUT2D eigenvalue weighted by Crippen LogP contribution is 2.16. The highest BCUT2D eigenvalue weighted by Gasteiger charge is 2.18. The van der Waals surface area contributed by atoms with Gasteiger partial charge in [0.25, 0.3) is 5.56 Å². The maximum Gasteiger partial charge on any atom is 0.271 e. The zero-order valence-electron chi connectivity index (χ0n) is 13.6. The van der Waals surface area contributed by atoms with Crippen molar-refractivity contribution in [3.63, 3.8) is 0 Å². The van der Waals surface area contributed by atoms with Gasteiger partial charge in [-0.05, 0) is 17.9 Å². The lowest BCUT2D eigenvalue weighted by atomic mass is 10.1. The Bertz CT molecular complexity index is 910. The van der Waals surface area contributed by atoms with Gasteiger partial charge in [-0.2, -0.15) is 0 Å². The van der Waals surface area contributed by atoms with Crippen LogP contribution in [-0.2, 0) is 18.4 Å². The molecule has 24 heavy (non-hydrogen) atoms. The van der Waals surface area contributed by atoms with Crippen LogP contribution >= 0.6 is 11.3 Å². The highest BCUT2D eigenvalue weighted by molar-refractivity contribution is 7.17. The molecule has 8 heteroatoms. The minimum absolute atomic E-state index is 0.0513. The monoisotopic (exact) mass is 345 g/mol. The summed E-state index contributed by atoms with van der Waals surface area (Å²) in [6, 6.07) is 1.63. The minimum atomic E-state index is -0.226. The van der Waals surface area contributed by atoms with Gasteiger partial charge in [-0.25, -0.2) is 9.97 Å². The molecule has 0 aromatic carbocycles. The lowest BCUT2D eigenvalue weighted by molar-refractivity contribution is -0.122. The van der Waals surface area contributed by atoms with Crippen molar-refractivity contribution in [1.29, 1.82) is 0 Å². The van der Waals surface area contributed by atoms with Crippen molar-refractivity contribution in [2.75, 3.05) is 0 Å². The van der Waals surface area contributed by atoms with E-state index in [1.54, 1.807) is 12.3 Å². The molecule has 0 aliphatic rings. The summed E-state index contributed by atoms with van der Waals surface area (Å²) in [5.41, 5.74) is 0.479. The number of thiophene rings is 1. The second kappa shape index (κ2) is 6.96. The number of nitrogens with zero attached hydrogens (tertiary/aromatic N) is 4. The van der Waals surface area contributed by atoms with E-state index in [1.165, 1.54) is 22.2 Å². The Morgan fingerprint density at radius 3 is 2.96 bits per heavy atom. The summed E-state index contributed by atoms with van der Waals surface area (Å²) in [6.45, 7) is 2.01. The molecule has 0 saturated heterocycles. The van der Waals surface area contributed by atoms with E-state index in [-0.39, 0.29) is 24.1 Å². The van der Waals surface area contributed by atoms with E-state index in [1.807, 2.05) is 23.2 Å². The van der Waals surface area contributed by atoms with E-state index in [0.29, 0.717) is 10.2 Å². The van der Waals surface area contributed by atoms with Crippen molar-refractivity contribution >= 4 is 27.5 Å². The average molecular weight is 345 g/mol. The standard InChI is InChI=1S/C16H19N5O2S/c1-3-4-12(15-17-6-7-20(15)2)19-13(22)9-21-10-18-11-5-8-24-14(11)16(21)23/h5-8,10,12H,3-4,9H2,1-2H3,(H,19,22). The number of carbonyl (C=O) groups is 1. The molecule has 0 aliphatic carbocycles. The molecule has 1 amide bonds. The third kappa shape index (κ3) is 3.23. The predicted molar refractivity (Wildman–Crippen MR) is 92.9 cm³/mol. The predicted octanol–water partition coefficient (Wildman–Crippen LogP) is 1.85. The summed E-state index contributed by atoms with van der Waals surface area (Å²) in [4.78, 5) is 33.3. The van der Waals surface area contributed by atoms with Crippen molar-refractivity contribution in [1.82, 2.24) is 24.4 Å². The van der Waals surface area contributed by atoms with Crippen LogP contribution in [0.2, 0.25) is 0 Å². The third-order valence-electron chi connectivity index (χ3n) is 3.83. The first-order valence-electron chi connectivity index (χ1n) is 7.79. The molecule has 1 N–H and O–H groups in total. The molecule has 3 aromatic heterocycles. The second-order valence-corrected chi connectivity index (χ2v) is 6.53. The number of hydrogen-bond donors (Lipinski definition) is 1. The quantitative estimate of drug-likeness (QED) is 0.739. The number of amides is 1. The van der Waals surface area contributed by atoms with Crippen LogP contribution in [0.3, 0.4) is 0 Å². The van der Waals surface area contributed by atoms with Gasteiger partial charge in [0.2, 0.25) is 5.91 Å². The number of imidazole rings is 1. The normalized spacial score (nSPS) is 12.4. The van der Waals surface area contributed by atoms with E-state index in [0.717, 1.165) is 18.7 Å². The molecule has 0 radical (unpaired) electrons. The zero-order valence-corrected chi connectivity index (χ0v) is 14.4. The Morgan fingerprint density at radius 2 is 2.25 bits per heavy atom. The van der Waals surface area contributed by atoms with Gasteiger partial charge in [0, 0.05) is 19.4 Å². The van der Waals surface area contributed by atoms with Crippen molar-refractivity contribution in [3.05, 3.63) is 46.3 Å². The number of carbonyl (C=O) groups excluding carboxylic acids is 1. The molecule has 0 aliphatic heterocycles. The van der Waals surface area contributed by atoms with Crippen LogP contribution in [0.15, 0.2) is 35.0 Å². The first-order chi connectivity index (χ1) is 11.6. The van der Waals surface area contributed by atoms with Crippen LogP contribution < -0.4 is 10.9 Å². The number of hydrogen-bond acceptors (Lipinski definition) is 5. The summed E-state index contributed by atoms with van der Waals surface area (Å²) in [7, 11) is 1.90. The van der Waals surface area contributed by atoms with E-state index >= 15 is 0 Å². The van der Waals surface area contributed by atoms with E-state index in [2.05, 4.69) is 22.2 Å². The molecule has 3 aromatic rings. The van der Waals surface area contributed by atoms with Gasteiger partial charge < -0.3 is 9.88 Å². The lowest BCUT2D eigenvalue weighted by Crippen LogP contribution is -2.35. The van der Waals surface area contributed by atoms with Crippen LogP contribution in [0.1, 0.15) is 31.6 Å². The Labute approximate surface area is 143 Å². The molecule has 126 valence electrons. The third-order valence-corrected chi connectivity index (χ3v) is 4.72. The number of aromatic nitrogens is 4. The van der Waals surface area contributed by atoms with Crippen molar-refractivity contribution in [3.8, 4) is 0 Å². The molecule has 0 spiro atoms. The topological polar surface area (TPSA) is 81.8 Å². The Kier molecular flexibility index (Phi) is 4.75. The maximum atomic E-state index is 12.4. The molecule has 3 rings (SSSR count). The van der Waals surface area contributed by atoms with E-state index < -0.39 is 0 Å². The van der Waals surface area contributed by atoms with Crippen molar-refractivity contribution < 1.29 is 4.79 Å². The van der Waals surface area contributed by atoms with E-state index in [4.69, 9.17) is 0 Å². The molecule has 3 heterocycles. The highest BCUT2D eigenvalue weighted by atomic mass is 32.1. The van der Waals surface area contributed by atoms with E-state index in [9.17, 15) is 9.59 Å². The second-order valence-electron chi connectivity index (χ2n) is 5.62. The molecule has 1 atom stereocenters. The van der Waals surface area contributed by atoms with Gasteiger partial charge >= 0.3 is 0 Å². The van der Waals surface area contributed by atoms with Crippen LogP contribution in [0, 0.1) is 0 Å². The average Bonchev–Trinajstić information content (AvgIpc) is 3.19. The number of fused-ring (bicyclic) bond motifs is 1. The van der Waals surface area contributed by atoms with Gasteiger partial charge in [-0.15, -0.1) is 11.3 Å². The van der Waals surface area contributed by atoms with Gasteiger partial charge in [0.1, 0.15) is 17.1 Å². The van der Waals surface area contributed by atoms with Crippen LogP contribution in [0.4, 0.5) is 0 Å². The fourth-order valence-electron chi connectivity index (χ4n) is 2.65. The van der Waals surface area contributed by atoms with Gasteiger partial charge in [0.05, 0.1) is 17.9 Å². The van der Waals surface area contributed by atoms with Crippen LogP contribution in [0.25, 0.3) is 10.2 Å². The van der Waals surface area contributed by atoms with Crippen LogP contribution in [-0.4, -0.2) is 25.0 Å². The first kappa shape index (κ1) is 16.4. The minimum Gasteiger partial charge on any atom is -0.345 e. The summed E-state index contributed by atoms with van der Waals surface area (Å²) in [5.74, 6) is 0.584. The zero-order chi connectivity index (χ0) is 17.1. The maximum absolute atomic E-state index is 12.4. The fraction of sp³-hybridized carbons (Fsp3) is 0.375. The van der Waals surface area contributed by atoms with Gasteiger partial charge in [-0.1, -0.05) is 13.3 Å². The Balaban J connectivity index is 1.77. The lowest BCUT2D eigenvalue weighted by Gasteiger charge is -2.18. The summed E-state index contributed by atoms with van der Waals surface area (Å²) >= 11 is 1.34. The first-order valence-corrected chi connectivity index (χ1v) is 8.67. The SMILES string of the molecule is CCCC(NC(=O)Cn1cnc2ccsc2c1=O)c1nccn1C. The van der Waals surface area contributed by atoms with Crippen molar-refractivity contribution in [2.24, 2.45) is 7.05 Å². The van der Waals surface area contributed by atoms with Crippen molar-refractivity contribution in [2.45, 2.75) is 32.4 Å². The molecule has 0 fully saturated rings. The molecular weight excluding hydrogens is 326 g/mol. The Morgan fingerprint density at radius 1 is 1.42 bits per heavy atom. The fourth-order valence-corrected chi connectivity index (χ4v) is 3.45. The number of rotatable bonds is 6. The molecule has 7 nitrogen and oxygen atoms in total. The molecule has 0 saturated carbocycles. The summed E-state index contributed by atoms with van der Waals surface area (Å²) in [5, 5.41) is 4.79. The summed E-state index contributed by atoms with van der Waals surface area (Å²) < 4.78 is 3.81. The molecule has 0 bridgehead atoms.